The molecular weight excluding hydrogens is 202 g/mol. The second kappa shape index (κ2) is 4.66. The van der Waals surface area contributed by atoms with E-state index in [1.807, 2.05) is 42.5 Å². The van der Waals surface area contributed by atoms with Crippen LogP contribution >= 0.6 is 0 Å². The number of carboxylic acids is 1. The van der Waals surface area contributed by atoms with E-state index >= 15 is 0 Å². The van der Waals surface area contributed by atoms with Gasteiger partial charge in [0.05, 0.1) is 6.42 Å². The van der Waals surface area contributed by atoms with Crippen molar-refractivity contribution >= 4 is 22.4 Å². The maximum atomic E-state index is 10.4. The fourth-order valence-corrected chi connectivity index (χ4v) is 1.68. The largest absolute Gasteiger partial charge is 0.481 e. The van der Waals surface area contributed by atoms with E-state index in [0.29, 0.717) is 6.54 Å². The van der Waals surface area contributed by atoms with Gasteiger partial charge in [-0.25, -0.2) is 0 Å². The normalized spacial score (nSPS) is 10.2. The molecule has 2 aromatic rings. The van der Waals surface area contributed by atoms with Crippen molar-refractivity contribution in [2.75, 3.05) is 11.9 Å². The SMILES string of the molecule is O=C(O)CCNc1cccc2ccccc12. The Labute approximate surface area is 93.7 Å². The number of aliphatic carboxylic acids is 1. The lowest BCUT2D eigenvalue weighted by atomic mass is 10.1. The maximum absolute atomic E-state index is 10.4. The molecule has 0 saturated carbocycles. The molecule has 16 heavy (non-hydrogen) atoms. The summed E-state index contributed by atoms with van der Waals surface area (Å²) in [6, 6.07) is 14.0. The molecule has 0 aromatic heterocycles. The quantitative estimate of drug-likeness (QED) is 0.824. The van der Waals surface area contributed by atoms with Crippen molar-refractivity contribution < 1.29 is 9.90 Å². The average Bonchev–Trinajstić information content (AvgIpc) is 2.29. The zero-order chi connectivity index (χ0) is 11.4. The highest BCUT2D eigenvalue weighted by molar-refractivity contribution is 5.93. The highest BCUT2D eigenvalue weighted by atomic mass is 16.4. The van der Waals surface area contributed by atoms with Crippen molar-refractivity contribution in [2.45, 2.75) is 6.42 Å². The first-order chi connectivity index (χ1) is 7.77. The van der Waals surface area contributed by atoms with E-state index in [-0.39, 0.29) is 6.42 Å². The highest BCUT2D eigenvalue weighted by Gasteiger charge is 2.00. The zero-order valence-electron chi connectivity index (χ0n) is 8.81. The summed E-state index contributed by atoms with van der Waals surface area (Å²) < 4.78 is 0. The molecule has 0 heterocycles. The van der Waals surface area contributed by atoms with E-state index in [2.05, 4.69) is 5.32 Å². The Kier molecular flexibility index (Phi) is 3.05. The van der Waals surface area contributed by atoms with Crippen molar-refractivity contribution in [3.05, 3.63) is 42.5 Å². The van der Waals surface area contributed by atoms with Gasteiger partial charge >= 0.3 is 5.97 Å². The predicted molar refractivity (Wildman–Crippen MR) is 64.7 cm³/mol. The third-order valence-corrected chi connectivity index (χ3v) is 2.44. The van der Waals surface area contributed by atoms with Crippen molar-refractivity contribution in [2.24, 2.45) is 0 Å². The molecule has 0 aliphatic rings. The lowest BCUT2D eigenvalue weighted by molar-refractivity contribution is -0.136. The molecule has 0 aliphatic heterocycles. The third kappa shape index (κ3) is 2.31. The van der Waals surface area contributed by atoms with Crippen molar-refractivity contribution in [3.8, 4) is 0 Å². The van der Waals surface area contributed by atoms with Gasteiger partial charge in [-0.05, 0) is 11.5 Å². The van der Waals surface area contributed by atoms with Gasteiger partial charge in [0.15, 0.2) is 0 Å². The van der Waals surface area contributed by atoms with Crippen LogP contribution in [-0.4, -0.2) is 17.6 Å². The minimum atomic E-state index is -0.785. The molecule has 2 aromatic carbocycles. The number of nitrogens with one attached hydrogen (secondary N) is 1. The summed E-state index contributed by atoms with van der Waals surface area (Å²) in [5.74, 6) is -0.785. The van der Waals surface area contributed by atoms with Crippen LogP contribution in [0.2, 0.25) is 0 Å². The summed E-state index contributed by atoms with van der Waals surface area (Å²) in [6.07, 6.45) is 0.128. The van der Waals surface area contributed by atoms with Gasteiger partial charge < -0.3 is 10.4 Å². The molecule has 0 fully saturated rings. The molecule has 0 saturated heterocycles. The Hall–Kier alpha value is -2.03. The first kappa shape index (κ1) is 10.5. The Morgan fingerprint density at radius 2 is 1.88 bits per heavy atom. The van der Waals surface area contributed by atoms with Gasteiger partial charge in [0, 0.05) is 17.6 Å². The Bertz CT molecular complexity index is 503. The number of rotatable bonds is 4. The molecule has 3 heteroatoms. The van der Waals surface area contributed by atoms with Gasteiger partial charge in [0.25, 0.3) is 0 Å². The summed E-state index contributed by atoms with van der Waals surface area (Å²) in [5.41, 5.74) is 0.986. The molecule has 2 rings (SSSR count). The number of hydrogen-bond acceptors (Lipinski definition) is 2. The molecule has 0 aliphatic carbocycles. The highest BCUT2D eigenvalue weighted by Crippen LogP contribution is 2.22. The van der Waals surface area contributed by atoms with Gasteiger partial charge in [0.2, 0.25) is 0 Å². The van der Waals surface area contributed by atoms with Crippen molar-refractivity contribution in [1.82, 2.24) is 0 Å². The Morgan fingerprint density at radius 1 is 1.12 bits per heavy atom. The molecular formula is C13H13NO2. The number of benzene rings is 2. The predicted octanol–water partition coefficient (Wildman–Crippen LogP) is 2.73. The maximum Gasteiger partial charge on any atom is 0.305 e. The van der Waals surface area contributed by atoms with Gasteiger partial charge in [-0.2, -0.15) is 0 Å². The molecule has 0 amide bonds. The molecule has 0 radical (unpaired) electrons. The minimum absolute atomic E-state index is 0.128. The number of carboxylic acid groups (broad SMARTS) is 1. The standard InChI is InChI=1S/C13H13NO2/c15-13(16)8-9-14-12-7-3-5-10-4-1-2-6-11(10)12/h1-7,14H,8-9H2,(H,15,16). The molecule has 82 valence electrons. The van der Waals surface area contributed by atoms with E-state index in [4.69, 9.17) is 5.11 Å². The van der Waals surface area contributed by atoms with Gasteiger partial charge in [-0.1, -0.05) is 36.4 Å². The second-order valence-electron chi connectivity index (χ2n) is 3.60. The van der Waals surface area contributed by atoms with Crippen molar-refractivity contribution in [3.63, 3.8) is 0 Å². The zero-order valence-corrected chi connectivity index (χ0v) is 8.81. The summed E-state index contributed by atoms with van der Waals surface area (Å²) >= 11 is 0. The summed E-state index contributed by atoms with van der Waals surface area (Å²) in [4.78, 5) is 10.4. The number of fused-ring (bicyclic) bond motifs is 1. The molecule has 0 spiro atoms. The first-order valence-corrected chi connectivity index (χ1v) is 5.21. The van der Waals surface area contributed by atoms with Crippen LogP contribution < -0.4 is 5.32 Å². The summed E-state index contributed by atoms with van der Waals surface area (Å²) in [7, 11) is 0. The molecule has 2 N–H and O–H groups in total. The van der Waals surface area contributed by atoms with E-state index < -0.39 is 5.97 Å². The van der Waals surface area contributed by atoms with Crippen LogP contribution in [0.15, 0.2) is 42.5 Å². The molecule has 3 nitrogen and oxygen atoms in total. The minimum Gasteiger partial charge on any atom is -0.481 e. The lowest BCUT2D eigenvalue weighted by Gasteiger charge is -2.08. The van der Waals surface area contributed by atoms with Crippen LogP contribution in [0.5, 0.6) is 0 Å². The van der Waals surface area contributed by atoms with Crippen LogP contribution in [0.4, 0.5) is 5.69 Å². The second-order valence-corrected chi connectivity index (χ2v) is 3.60. The average molecular weight is 215 g/mol. The smallest absolute Gasteiger partial charge is 0.305 e. The lowest BCUT2D eigenvalue weighted by Crippen LogP contribution is -2.07. The van der Waals surface area contributed by atoms with Crippen LogP contribution in [0.25, 0.3) is 10.8 Å². The van der Waals surface area contributed by atoms with E-state index in [0.717, 1.165) is 16.5 Å². The third-order valence-electron chi connectivity index (χ3n) is 2.44. The Balaban J connectivity index is 2.20. The number of anilines is 1. The number of hydrogen-bond donors (Lipinski definition) is 2. The topological polar surface area (TPSA) is 49.3 Å². The van der Waals surface area contributed by atoms with Crippen LogP contribution in [0, 0.1) is 0 Å². The molecule has 0 unspecified atom stereocenters. The van der Waals surface area contributed by atoms with E-state index in [1.54, 1.807) is 0 Å². The Morgan fingerprint density at radius 3 is 2.69 bits per heavy atom. The number of carbonyl (C=O) groups is 1. The van der Waals surface area contributed by atoms with E-state index in [1.165, 1.54) is 0 Å². The summed E-state index contributed by atoms with van der Waals surface area (Å²) in [6.45, 7) is 0.448. The fraction of sp³-hybridized carbons (Fsp3) is 0.154. The first-order valence-electron chi connectivity index (χ1n) is 5.21. The van der Waals surface area contributed by atoms with Crippen LogP contribution in [0.1, 0.15) is 6.42 Å². The van der Waals surface area contributed by atoms with Gasteiger partial charge in [-0.3, -0.25) is 4.79 Å². The van der Waals surface area contributed by atoms with Gasteiger partial charge in [-0.15, -0.1) is 0 Å². The van der Waals surface area contributed by atoms with E-state index in [9.17, 15) is 4.79 Å². The molecule has 0 bridgehead atoms. The van der Waals surface area contributed by atoms with Gasteiger partial charge in [0.1, 0.15) is 0 Å². The van der Waals surface area contributed by atoms with Crippen LogP contribution in [0.3, 0.4) is 0 Å². The monoisotopic (exact) mass is 215 g/mol. The van der Waals surface area contributed by atoms with Crippen LogP contribution in [-0.2, 0) is 4.79 Å². The summed E-state index contributed by atoms with van der Waals surface area (Å²) in [5, 5.41) is 14.0. The van der Waals surface area contributed by atoms with Crippen molar-refractivity contribution in [1.29, 1.82) is 0 Å². The fourth-order valence-electron chi connectivity index (χ4n) is 1.68. The molecule has 0 atom stereocenters.